The van der Waals surface area contributed by atoms with Crippen LogP contribution in [-0.4, -0.2) is 98.4 Å². The van der Waals surface area contributed by atoms with Gasteiger partial charge in [0.05, 0.1) is 17.9 Å². The lowest BCUT2D eigenvalue weighted by atomic mass is 9.46. The zero-order chi connectivity index (χ0) is 44.1. The standard InChI is InChI=1S/C44H54N4O12S/c1-41(2,3)60-40(57)45-20-34(53)47-30(12-13-35(54)55)37(56)48-39-46-26(22-61-39)16-23-6-8-24(9-7-23)38-58-33-18-29-28-11-10-25-17-27(50)14-15-42(25,4)36(28)31(51)19-43(29,5)44(33,59-38)32(52)21-49/h6-9,14-15,17,22,28-31,33,36,38,49,51H,10-13,16,18-21H2,1-5H3,(H,45,57)(H,47,53)(H,54,55)(H,46,48,56)/t28-,29-,30-,31-,33+,36+,38+,42-,43-,44+/m0/s1. The second-order valence-corrected chi connectivity index (χ2v) is 19.2. The van der Waals surface area contributed by atoms with Gasteiger partial charge in [0.25, 0.3) is 0 Å². The molecule has 1 aliphatic heterocycles. The van der Waals surface area contributed by atoms with E-state index in [2.05, 4.69) is 27.9 Å². The summed E-state index contributed by atoms with van der Waals surface area (Å²) in [7, 11) is 0. The summed E-state index contributed by atoms with van der Waals surface area (Å²) in [4.78, 5) is 79.6. The van der Waals surface area contributed by atoms with Gasteiger partial charge in [-0.1, -0.05) is 49.8 Å². The Kier molecular flexibility index (Phi) is 12.2. The fourth-order valence-electron chi connectivity index (χ4n) is 10.7. The first-order valence-electron chi connectivity index (χ1n) is 20.7. The summed E-state index contributed by atoms with van der Waals surface area (Å²) in [5.41, 5.74) is -0.312. The Balaban J connectivity index is 0.989. The molecular formula is C44H54N4O12S. The number of carbonyl (C=O) groups excluding carboxylic acids is 5. The highest BCUT2D eigenvalue weighted by molar-refractivity contribution is 7.13. The van der Waals surface area contributed by atoms with Crippen molar-refractivity contribution in [1.82, 2.24) is 15.6 Å². The smallest absolute Gasteiger partial charge is 0.408 e. The zero-order valence-corrected chi connectivity index (χ0v) is 35.7. The third-order valence-electron chi connectivity index (χ3n) is 13.3. The molecule has 328 valence electrons. The highest BCUT2D eigenvalue weighted by atomic mass is 32.1. The van der Waals surface area contributed by atoms with Gasteiger partial charge >= 0.3 is 12.1 Å². The number of fused-ring (bicyclic) bond motifs is 7. The first kappa shape index (κ1) is 44.3. The van der Waals surface area contributed by atoms with Gasteiger partial charge in [-0.2, -0.15) is 0 Å². The van der Waals surface area contributed by atoms with Crippen LogP contribution in [0.5, 0.6) is 0 Å². The van der Waals surface area contributed by atoms with E-state index in [1.54, 1.807) is 38.3 Å². The van der Waals surface area contributed by atoms with Gasteiger partial charge in [0, 0.05) is 40.5 Å². The number of aromatic nitrogens is 1. The molecule has 0 spiro atoms. The average molecular weight is 863 g/mol. The number of amides is 3. The van der Waals surface area contributed by atoms with Gasteiger partial charge in [0.1, 0.15) is 24.8 Å². The van der Waals surface area contributed by atoms with Crippen LogP contribution in [0.4, 0.5) is 9.93 Å². The van der Waals surface area contributed by atoms with Gasteiger partial charge < -0.3 is 45.5 Å². The molecule has 2 heterocycles. The number of Topliss-reactive ketones (excluding diaryl/α,β-unsaturated/α-hetero) is 1. The number of nitrogens with one attached hydrogen (secondary N) is 3. The Morgan fingerprint density at radius 1 is 1.11 bits per heavy atom. The molecular weight excluding hydrogens is 809 g/mol. The summed E-state index contributed by atoms with van der Waals surface area (Å²) in [5.74, 6) is -3.15. The number of nitrogens with zero attached hydrogens (tertiary/aromatic N) is 1. The maximum Gasteiger partial charge on any atom is 0.408 e. The van der Waals surface area contributed by atoms with E-state index in [0.717, 1.165) is 35.3 Å². The van der Waals surface area contributed by atoms with Gasteiger partial charge in [-0.05, 0) is 82.4 Å². The van der Waals surface area contributed by atoms with Gasteiger partial charge in [-0.25, -0.2) is 9.78 Å². The average Bonchev–Trinajstić information content (AvgIpc) is 3.87. The third-order valence-corrected chi connectivity index (χ3v) is 14.1. The van der Waals surface area contributed by atoms with Crippen LogP contribution in [0.2, 0.25) is 0 Å². The van der Waals surface area contributed by atoms with Crippen LogP contribution < -0.4 is 16.0 Å². The number of aliphatic carboxylic acids is 1. The van der Waals surface area contributed by atoms with Crippen molar-refractivity contribution in [3.8, 4) is 0 Å². The van der Waals surface area contributed by atoms with Crippen molar-refractivity contribution in [3.05, 3.63) is 70.3 Å². The first-order chi connectivity index (χ1) is 28.8. The summed E-state index contributed by atoms with van der Waals surface area (Å²) >= 11 is 1.16. The normalized spacial score (nSPS) is 31.7. The number of anilines is 1. The van der Waals surface area contributed by atoms with Gasteiger partial charge in [0.15, 0.2) is 28.6 Å². The fraction of sp³-hybridized carbons (Fsp3) is 0.568. The van der Waals surface area contributed by atoms with E-state index in [1.807, 2.05) is 37.3 Å². The number of carboxylic acids is 1. The highest BCUT2D eigenvalue weighted by Crippen LogP contribution is 2.70. The minimum atomic E-state index is -1.47. The van der Waals surface area contributed by atoms with Gasteiger partial charge in [-0.3, -0.25) is 24.0 Å². The molecule has 0 radical (unpaired) electrons. The third kappa shape index (κ3) is 8.54. The van der Waals surface area contributed by atoms with Crippen molar-refractivity contribution in [2.75, 3.05) is 18.5 Å². The summed E-state index contributed by atoms with van der Waals surface area (Å²) in [5, 5.41) is 40.9. The number of carboxylic acid groups (broad SMARTS) is 1. The maximum atomic E-state index is 13.9. The Labute approximate surface area is 357 Å². The van der Waals surface area contributed by atoms with Crippen molar-refractivity contribution in [1.29, 1.82) is 0 Å². The fourth-order valence-corrected chi connectivity index (χ4v) is 11.4. The number of allylic oxidation sites excluding steroid dienone is 4. The number of carbonyl (C=O) groups is 6. The van der Waals surface area contributed by atoms with E-state index < -0.39 is 95.8 Å². The predicted octanol–water partition coefficient (Wildman–Crippen LogP) is 4.15. The predicted molar refractivity (Wildman–Crippen MR) is 220 cm³/mol. The van der Waals surface area contributed by atoms with Gasteiger partial charge in [0.2, 0.25) is 11.8 Å². The molecule has 61 heavy (non-hydrogen) atoms. The number of alkyl carbamates (subject to hydrolysis) is 1. The summed E-state index contributed by atoms with van der Waals surface area (Å²) < 4.78 is 18.4. The molecule has 7 rings (SSSR count). The molecule has 3 saturated carbocycles. The number of rotatable bonds is 13. The molecule has 4 fully saturated rings. The Morgan fingerprint density at radius 3 is 2.54 bits per heavy atom. The molecule has 1 aromatic carbocycles. The quantitative estimate of drug-likeness (QED) is 0.166. The van der Waals surface area contributed by atoms with E-state index in [-0.39, 0.29) is 41.5 Å². The second-order valence-electron chi connectivity index (χ2n) is 18.3. The van der Waals surface area contributed by atoms with E-state index >= 15 is 0 Å². The number of thiazole rings is 1. The number of hydrogen-bond donors (Lipinski definition) is 6. The van der Waals surface area contributed by atoms with Crippen molar-refractivity contribution < 1.29 is 58.3 Å². The first-order valence-corrected chi connectivity index (χ1v) is 21.6. The monoisotopic (exact) mass is 862 g/mol. The van der Waals surface area contributed by atoms with Crippen LogP contribution in [-0.2, 0) is 44.6 Å². The molecule has 3 amide bonds. The molecule has 10 atom stereocenters. The Hall–Kier alpha value is -4.81. The molecule has 1 saturated heterocycles. The molecule has 17 heteroatoms. The lowest BCUT2D eigenvalue weighted by molar-refractivity contribution is -0.201. The number of ketones is 2. The molecule has 2 aromatic rings. The number of benzene rings is 1. The Bertz CT molecular complexity index is 2150. The Morgan fingerprint density at radius 2 is 1.85 bits per heavy atom. The van der Waals surface area contributed by atoms with Crippen LogP contribution in [0.3, 0.4) is 0 Å². The second kappa shape index (κ2) is 16.8. The van der Waals surface area contributed by atoms with Crippen molar-refractivity contribution in [2.45, 2.75) is 115 Å². The SMILES string of the molecule is CC(C)(C)OC(=O)NCC(=O)N[C@@H](CCC(=O)O)C(=O)Nc1nc(Cc2ccc([C@@H]3O[C@@H]4C[C@H]5[C@@H]6CCC7=CC(=O)C=C[C@]7(C)[C@H]6[C@@H](O)C[C@]5(C)[C@]4(C(=O)CO)O3)cc2)cs1. The van der Waals surface area contributed by atoms with E-state index in [4.69, 9.17) is 14.2 Å². The molecule has 6 N–H and O–H groups in total. The largest absolute Gasteiger partial charge is 0.481 e. The van der Waals surface area contributed by atoms with Crippen LogP contribution >= 0.6 is 11.3 Å². The molecule has 0 unspecified atom stereocenters. The minimum Gasteiger partial charge on any atom is -0.481 e. The minimum absolute atomic E-state index is 0.0237. The molecule has 5 aliphatic rings. The molecule has 16 nitrogen and oxygen atoms in total. The summed E-state index contributed by atoms with van der Waals surface area (Å²) in [6, 6.07) is 6.24. The topological polar surface area (TPSA) is 240 Å². The van der Waals surface area contributed by atoms with Crippen LogP contribution in [0.15, 0.2) is 53.4 Å². The molecule has 4 aliphatic carbocycles. The van der Waals surface area contributed by atoms with Crippen LogP contribution in [0, 0.1) is 28.6 Å². The highest BCUT2D eigenvalue weighted by Gasteiger charge is 2.75. The number of aliphatic hydroxyl groups is 2. The maximum absolute atomic E-state index is 13.9. The van der Waals surface area contributed by atoms with Crippen molar-refractivity contribution in [3.63, 3.8) is 0 Å². The van der Waals surface area contributed by atoms with Crippen LogP contribution in [0.25, 0.3) is 0 Å². The lowest BCUT2D eigenvalue weighted by Crippen LogP contribution is -2.63. The number of hydrogen-bond acceptors (Lipinski definition) is 13. The van der Waals surface area contributed by atoms with Crippen molar-refractivity contribution in [2.24, 2.45) is 28.6 Å². The van der Waals surface area contributed by atoms with E-state index in [1.165, 1.54) is 0 Å². The van der Waals surface area contributed by atoms with Crippen LogP contribution in [0.1, 0.15) is 96.3 Å². The van der Waals surface area contributed by atoms with E-state index in [0.29, 0.717) is 24.1 Å². The summed E-state index contributed by atoms with van der Waals surface area (Å²) in [6.45, 7) is 7.88. The zero-order valence-electron chi connectivity index (χ0n) is 34.9. The number of aliphatic hydroxyl groups excluding tert-OH is 2. The lowest BCUT2D eigenvalue weighted by Gasteiger charge is -2.59. The molecule has 1 aromatic heterocycles. The summed E-state index contributed by atoms with van der Waals surface area (Å²) in [6.07, 6.45) is 4.22. The number of ether oxygens (including phenoxy) is 3. The van der Waals surface area contributed by atoms with Gasteiger partial charge in [-0.15, -0.1) is 11.3 Å². The van der Waals surface area contributed by atoms with E-state index in [9.17, 15) is 44.1 Å². The molecule has 0 bridgehead atoms. The van der Waals surface area contributed by atoms with Crippen molar-refractivity contribution >= 4 is 51.9 Å².